The van der Waals surface area contributed by atoms with Gasteiger partial charge in [-0.2, -0.15) is 35.1 Å². The van der Waals surface area contributed by atoms with Crippen molar-refractivity contribution >= 4 is 0 Å². The fourth-order valence-electron chi connectivity index (χ4n) is 0.463. The van der Waals surface area contributed by atoms with Crippen LogP contribution in [0.4, 0.5) is 43.9 Å². The Morgan fingerprint density at radius 3 is 1.50 bits per heavy atom. The molecule has 0 aromatic carbocycles. The molecule has 0 aromatic heterocycles. The summed E-state index contributed by atoms with van der Waals surface area (Å²) in [7, 11) is 0. The smallest absolute Gasteiger partial charge is 0.233 e. The molecule has 0 heterocycles. The average Bonchev–Trinajstić information content (AvgIpc) is 1.99. The van der Waals surface area contributed by atoms with E-state index in [4.69, 9.17) is 0 Å². The molecule has 0 bridgehead atoms. The third kappa shape index (κ3) is 3.27. The van der Waals surface area contributed by atoms with Crippen molar-refractivity contribution in [3.05, 3.63) is 11.9 Å². The van der Waals surface area contributed by atoms with Gasteiger partial charge >= 0.3 is 18.3 Å². The van der Waals surface area contributed by atoms with Crippen LogP contribution < -0.4 is 0 Å². The van der Waals surface area contributed by atoms with Crippen molar-refractivity contribution < 1.29 is 43.9 Å². The van der Waals surface area contributed by atoms with Crippen LogP contribution in [0.2, 0.25) is 0 Å². The Bertz CT molecular complexity index is 268. The lowest BCUT2D eigenvalue weighted by atomic mass is 10.2. The fraction of sp³-hybridized carbons (Fsp3) is 0.667. The van der Waals surface area contributed by atoms with Crippen LogP contribution in [-0.4, -0.2) is 24.4 Å². The molecule has 0 saturated carbocycles. The van der Waals surface area contributed by atoms with E-state index in [9.17, 15) is 43.9 Å². The van der Waals surface area contributed by atoms with E-state index in [1.165, 1.54) is 0 Å². The summed E-state index contributed by atoms with van der Waals surface area (Å²) in [6.45, 7) is 0. The quantitative estimate of drug-likeness (QED) is 0.663. The van der Waals surface area contributed by atoms with Crippen LogP contribution in [0.15, 0.2) is 11.9 Å². The highest BCUT2D eigenvalue weighted by atomic mass is 19.4. The van der Waals surface area contributed by atoms with Crippen molar-refractivity contribution in [1.29, 1.82) is 0 Å². The van der Waals surface area contributed by atoms with Crippen molar-refractivity contribution in [2.24, 2.45) is 0 Å². The Labute approximate surface area is 81.5 Å². The van der Waals surface area contributed by atoms with Crippen LogP contribution in [0.3, 0.4) is 0 Å². The first-order chi connectivity index (χ1) is 6.80. The minimum absolute atomic E-state index is 1.46. The molecule has 0 aliphatic carbocycles. The second-order valence-corrected chi connectivity index (χ2v) is 2.53. The Morgan fingerprint density at radius 1 is 0.875 bits per heavy atom. The molecule has 0 aliphatic rings. The highest BCUT2D eigenvalue weighted by Crippen LogP contribution is 2.42. The van der Waals surface area contributed by atoms with E-state index in [2.05, 4.69) is 0 Å². The second-order valence-electron chi connectivity index (χ2n) is 2.53. The second kappa shape index (κ2) is 4.13. The standard InChI is InChI=1S/C6H2F10/c7-2(1-3(8)5(11,12)13)4(9,10)6(14,15)16/h1,3H/b2-1-. The molecule has 96 valence electrons. The first-order valence-corrected chi connectivity index (χ1v) is 3.33. The molecule has 10 heteroatoms. The molecule has 0 nitrogen and oxygen atoms in total. The molecule has 0 amide bonds. The van der Waals surface area contributed by atoms with Gasteiger partial charge in [-0.3, -0.25) is 0 Å². The first-order valence-electron chi connectivity index (χ1n) is 3.33. The number of hydrogen-bond donors (Lipinski definition) is 0. The predicted molar refractivity (Wildman–Crippen MR) is 31.1 cm³/mol. The molecular formula is C6H2F10. The van der Waals surface area contributed by atoms with Gasteiger partial charge in [0.2, 0.25) is 6.17 Å². The maximum Gasteiger partial charge on any atom is 0.460 e. The van der Waals surface area contributed by atoms with E-state index in [0.29, 0.717) is 0 Å². The van der Waals surface area contributed by atoms with Gasteiger partial charge in [0.05, 0.1) is 0 Å². The largest absolute Gasteiger partial charge is 0.460 e. The third-order valence-electron chi connectivity index (χ3n) is 1.26. The zero-order valence-corrected chi connectivity index (χ0v) is 6.93. The van der Waals surface area contributed by atoms with Crippen LogP contribution in [0, 0.1) is 0 Å². The van der Waals surface area contributed by atoms with Crippen molar-refractivity contribution in [2.75, 3.05) is 0 Å². The van der Waals surface area contributed by atoms with Gasteiger partial charge in [-0.15, -0.1) is 0 Å². The molecule has 0 saturated heterocycles. The van der Waals surface area contributed by atoms with E-state index < -0.39 is 36.3 Å². The SMILES string of the molecule is F/C(=C\C(F)C(F)(F)F)C(F)(F)C(F)(F)F. The number of allylic oxidation sites excluding steroid dienone is 2. The topological polar surface area (TPSA) is 0 Å². The molecule has 0 rings (SSSR count). The summed E-state index contributed by atoms with van der Waals surface area (Å²) in [5.41, 5.74) is 0. The lowest BCUT2D eigenvalue weighted by Gasteiger charge is -2.18. The van der Waals surface area contributed by atoms with Crippen LogP contribution in [0.5, 0.6) is 0 Å². The molecule has 0 aromatic rings. The summed E-state index contributed by atoms with van der Waals surface area (Å²) in [5, 5.41) is 0. The lowest BCUT2D eigenvalue weighted by molar-refractivity contribution is -0.271. The van der Waals surface area contributed by atoms with E-state index in [1.54, 1.807) is 0 Å². The number of halogens is 10. The number of rotatable bonds is 2. The van der Waals surface area contributed by atoms with Crippen LogP contribution in [0.25, 0.3) is 0 Å². The Balaban J connectivity index is 5.08. The van der Waals surface area contributed by atoms with Crippen LogP contribution in [0.1, 0.15) is 0 Å². The van der Waals surface area contributed by atoms with Gasteiger partial charge in [0, 0.05) is 0 Å². The molecule has 0 N–H and O–H groups in total. The predicted octanol–water partition coefficient (Wildman–Crippen LogP) is 3.94. The minimum atomic E-state index is -6.43. The van der Waals surface area contributed by atoms with Crippen molar-refractivity contribution in [1.82, 2.24) is 0 Å². The molecule has 0 aliphatic heterocycles. The zero-order chi connectivity index (χ0) is 13.4. The van der Waals surface area contributed by atoms with Crippen LogP contribution >= 0.6 is 0 Å². The third-order valence-corrected chi connectivity index (χ3v) is 1.26. The number of hydrogen-bond acceptors (Lipinski definition) is 0. The summed E-state index contributed by atoms with van der Waals surface area (Å²) in [5.74, 6) is -9.69. The summed E-state index contributed by atoms with van der Waals surface area (Å²) < 4.78 is 116. The highest BCUT2D eigenvalue weighted by molar-refractivity contribution is 5.11. The maximum atomic E-state index is 12.1. The number of alkyl halides is 9. The molecule has 0 radical (unpaired) electrons. The summed E-state index contributed by atoms with van der Waals surface area (Å²) in [6, 6.07) is 0. The molecular weight excluding hydrogens is 262 g/mol. The van der Waals surface area contributed by atoms with E-state index in [-0.39, 0.29) is 0 Å². The molecule has 16 heavy (non-hydrogen) atoms. The van der Waals surface area contributed by atoms with Crippen LogP contribution in [-0.2, 0) is 0 Å². The van der Waals surface area contributed by atoms with E-state index in [0.717, 1.165) is 0 Å². The Kier molecular flexibility index (Phi) is 3.88. The average molecular weight is 264 g/mol. The Hall–Kier alpha value is -0.960. The van der Waals surface area contributed by atoms with Gasteiger partial charge in [-0.1, -0.05) is 0 Å². The van der Waals surface area contributed by atoms with Gasteiger partial charge < -0.3 is 0 Å². The highest BCUT2D eigenvalue weighted by Gasteiger charge is 2.61. The van der Waals surface area contributed by atoms with Crippen molar-refractivity contribution in [3.8, 4) is 0 Å². The van der Waals surface area contributed by atoms with Crippen molar-refractivity contribution in [3.63, 3.8) is 0 Å². The molecule has 0 spiro atoms. The molecule has 1 unspecified atom stereocenters. The monoisotopic (exact) mass is 264 g/mol. The summed E-state index contributed by atoms with van der Waals surface area (Å²) in [4.78, 5) is 0. The van der Waals surface area contributed by atoms with Gasteiger partial charge in [0.1, 0.15) is 0 Å². The summed E-state index contributed by atoms with van der Waals surface area (Å²) in [6.07, 6.45) is -17.9. The minimum Gasteiger partial charge on any atom is -0.233 e. The molecule has 1 atom stereocenters. The molecule has 0 fully saturated rings. The summed E-state index contributed by atoms with van der Waals surface area (Å²) >= 11 is 0. The normalized spacial score (nSPS) is 17.5. The van der Waals surface area contributed by atoms with Gasteiger partial charge in [-0.25, -0.2) is 8.78 Å². The first kappa shape index (κ1) is 15.0. The van der Waals surface area contributed by atoms with E-state index in [1.807, 2.05) is 0 Å². The maximum absolute atomic E-state index is 12.1. The van der Waals surface area contributed by atoms with Gasteiger partial charge in [0.15, 0.2) is 5.83 Å². The lowest BCUT2D eigenvalue weighted by Crippen LogP contribution is -2.38. The van der Waals surface area contributed by atoms with Crippen molar-refractivity contribution in [2.45, 2.75) is 24.4 Å². The van der Waals surface area contributed by atoms with Gasteiger partial charge in [-0.05, 0) is 6.08 Å². The van der Waals surface area contributed by atoms with E-state index >= 15 is 0 Å². The Morgan fingerprint density at radius 2 is 1.25 bits per heavy atom. The van der Waals surface area contributed by atoms with Gasteiger partial charge in [0.25, 0.3) is 0 Å². The zero-order valence-electron chi connectivity index (χ0n) is 6.93. The fourth-order valence-corrected chi connectivity index (χ4v) is 0.463.